The molecule has 1 aromatic heterocycles. The second kappa shape index (κ2) is 5.84. The summed E-state index contributed by atoms with van der Waals surface area (Å²) in [6, 6.07) is 0.743. The van der Waals surface area contributed by atoms with Crippen LogP contribution in [0, 0.1) is 13.8 Å². The SMILES string of the molecule is Cc1nn(CC2CN(C)CCO2)c(C)c1CNC1CC1. The number of nitrogens with one attached hydrogen (secondary N) is 1. The van der Waals surface area contributed by atoms with E-state index in [2.05, 4.69) is 35.8 Å². The third-order valence-electron chi connectivity index (χ3n) is 4.39. The van der Waals surface area contributed by atoms with Gasteiger partial charge in [0.05, 0.1) is 24.9 Å². The molecule has 1 aliphatic heterocycles. The maximum atomic E-state index is 5.85. The highest BCUT2D eigenvalue weighted by atomic mass is 16.5. The van der Waals surface area contributed by atoms with Gasteiger partial charge >= 0.3 is 0 Å². The first kappa shape index (κ1) is 14.0. The first-order valence-electron chi connectivity index (χ1n) is 7.70. The van der Waals surface area contributed by atoms with Crippen LogP contribution in [-0.4, -0.2) is 53.6 Å². The lowest BCUT2D eigenvalue weighted by Gasteiger charge is -2.30. The van der Waals surface area contributed by atoms with Crippen LogP contribution in [0.15, 0.2) is 0 Å². The number of hydrogen-bond acceptors (Lipinski definition) is 4. The quantitative estimate of drug-likeness (QED) is 0.875. The van der Waals surface area contributed by atoms with Gasteiger partial charge in [-0.1, -0.05) is 0 Å². The molecule has 2 fully saturated rings. The molecule has 1 N–H and O–H groups in total. The summed E-state index contributed by atoms with van der Waals surface area (Å²) in [6.07, 6.45) is 2.92. The molecule has 0 aromatic carbocycles. The first-order valence-corrected chi connectivity index (χ1v) is 7.70. The van der Waals surface area contributed by atoms with Crippen molar-refractivity contribution in [2.45, 2.75) is 51.9 Å². The molecule has 3 rings (SSSR count). The Morgan fingerprint density at radius 1 is 1.35 bits per heavy atom. The van der Waals surface area contributed by atoms with Crippen LogP contribution in [0.25, 0.3) is 0 Å². The Bertz CT molecular complexity index is 467. The lowest BCUT2D eigenvalue weighted by molar-refractivity contribution is -0.0293. The van der Waals surface area contributed by atoms with Crippen molar-refractivity contribution in [2.75, 3.05) is 26.7 Å². The highest BCUT2D eigenvalue weighted by molar-refractivity contribution is 5.24. The fraction of sp³-hybridized carbons (Fsp3) is 0.800. The van der Waals surface area contributed by atoms with Crippen LogP contribution >= 0.6 is 0 Å². The molecular weight excluding hydrogens is 252 g/mol. The van der Waals surface area contributed by atoms with Gasteiger partial charge in [0.2, 0.25) is 0 Å². The molecule has 112 valence electrons. The zero-order valence-corrected chi connectivity index (χ0v) is 12.9. The summed E-state index contributed by atoms with van der Waals surface area (Å²) >= 11 is 0. The first-order chi connectivity index (χ1) is 9.63. The molecule has 0 amide bonds. The predicted octanol–water partition coefficient (Wildman–Crippen LogP) is 1.08. The van der Waals surface area contributed by atoms with E-state index < -0.39 is 0 Å². The minimum atomic E-state index is 0.260. The predicted molar refractivity (Wildman–Crippen MR) is 78.8 cm³/mol. The van der Waals surface area contributed by atoms with E-state index in [9.17, 15) is 0 Å². The molecule has 2 heterocycles. The lowest BCUT2D eigenvalue weighted by atomic mass is 10.2. The minimum Gasteiger partial charge on any atom is -0.374 e. The molecule has 1 saturated heterocycles. The molecule has 1 saturated carbocycles. The van der Waals surface area contributed by atoms with Gasteiger partial charge in [0.15, 0.2) is 0 Å². The Morgan fingerprint density at radius 3 is 2.85 bits per heavy atom. The molecule has 5 nitrogen and oxygen atoms in total. The van der Waals surface area contributed by atoms with Crippen molar-refractivity contribution in [3.05, 3.63) is 17.0 Å². The highest BCUT2D eigenvalue weighted by Crippen LogP contribution is 2.21. The van der Waals surface area contributed by atoms with Crippen molar-refractivity contribution < 1.29 is 4.74 Å². The highest BCUT2D eigenvalue weighted by Gasteiger charge is 2.23. The summed E-state index contributed by atoms with van der Waals surface area (Å²) in [5, 5.41) is 8.29. The topological polar surface area (TPSA) is 42.3 Å². The van der Waals surface area contributed by atoms with Gasteiger partial charge in [0.25, 0.3) is 0 Å². The number of nitrogens with zero attached hydrogens (tertiary/aromatic N) is 3. The van der Waals surface area contributed by atoms with Gasteiger partial charge in [-0.3, -0.25) is 4.68 Å². The summed E-state index contributed by atoms with van der Waals surface area (Å²) < 4.78 is 7.97. The van der Waals surface area contributed by atoms with Crippen molar-refractivity contribution in [1.82, 2.24) is 20.0 Å². The summed E-state index contributed by atoms with van der Waals surface area (Å²) in [5.41, 5.74) is 3.80. The van der Waals surface area contributed by atoms with Gasteiger partial charge in [-0.05, 0) is 33.7 Å². The van der Waals surface area contributed by atoms with Crippen molar-refractivity contribution in [2.24, 2.45) is 0 Å². The molecule has 1 aromatic rings. The van der Waals surface area contributed by atoms with Crippen molar-refractivity contribution in [3.8, 4) is 0 Å². The fourth-order valence-corrected chi connectivity index (χ4v) is 2.87. The van der Waals surface area contributed by atoms with E-state index in [0.717, 1.165) is 44.5 Å². The van der Waals surface area contributed by atoms with Crippen LogP contribution < -0.4 is 5.32 Å². The van der Waals surface area contributed by atoms with Gasteiger partial charge < -0.3 is 15.0 Å². The molecular formula is C15H26N4O. The van der Waals surface area contributed by atoms with Crippen molar-refractivity contribution in [1.29, 1.82) is 0 Å². The normalized spacial score (nSPS) is 24.2. The van der Waals surface area contributed by atoms with E-state index in [1.165, 1.54) is 24.1 Å². The molecule has 5 heteroatoms. The number of rotatable bonds is 5. The van der Waals surface area contributed by atoms with E-state index in [1.807, 2.05) is 0 Å². The van der Waals surface area contributed by atoms with Crippen LogP contribution in [0.5, 0.6) is 0 Å². The van der Waals surface area contributed by atoms with Gasteiger partial charge in [-0.25, -0.2) is 0 Å². The van der Waals surface area contributed by atoms with Crippen LogP contribution in [0.3, 0.4) is 0 Å². The molecule has 0 bridgehead atoms. The van der Waals surface area contributed by atoms with E-state index in [4.69, 9.17) is 9.84 Å². The zero-order valence-electron chi connectivity index (χ0n) is 12.9. The summed E-state index contributed by atoms with van der Waals surface area (Å²) in [6.45, 7) is 8.96. The lowest BCUT2D eigenvalue weighted by Crippen LogP contribution is -2.42. The van der Waals surface area contributed by atoms with E-state index in [1.54, 1.807) is 0 Å². The number of aryl methyl sites for hydroxylation is 1. The van der Waals surface area contributed by atoms with E-state index in [0.29, 0.717) is 0 Å². The summed E-state index contributed by atoms with van der Waals surface area (Å²) in [5.74, 6) is 0. The third-order valence-corrected chi connectivity index (χ3v) is 4.39. The van der Waals surface area contributed by atoms with Crippen LogP contribution in [0.1, 0.15) is 29.8 Å². The third kappa shape index (κ3) is 3.22. The molecule has 1 unspecified atom stereocenters. The van der Waals surface area contributed by atoms with Gasteiger partial charge in [0, 0.05) is 36.9 Å². The second-order valence-corrected chi connectivity index (χ2v) is 6.24. The van der Waals surface area contributed by atoms with Crippen LogP contribution in [-0.2, 0) is 17.8 Å². The van der Waals surface area contributed by atoms with Gasteiger partial charge in [-0.15, -0.1) is 0 Å². The van der Waals surface area contributed by atoms with E-state index >= 15 is 0 Å². The van der Waals surface area contributed by atoms with E-state index in [-0.39, 0.29) is 6.10 Å². The summed E-state index contributed by atoms with van der Waals surface area (Å²) in [4.78, 5) is 2.33. The maximum Gasteiger partial charge on any atom is 0.0898 e. The van der Waals surface area contributed by atoms with Crippen LogP contribution in [0.2, 0.25) is 0 Å². The molecule has 0 radical (unpaired) electrons. The molecule has 1 atom stereocenters. The van der Waals surface area contributed by atoms with Crippen molar-refractivity contribution in [3.63, 3.8) is 0 Å². The Morgan fingerprint density at radius 2 is 2.15 bits per heavy atom. The average Bonchev–Trinajstić information content (AvgIpc) is 3.18. The van der Waals surface area contributed by atoms with Gasteiger partial charge in [-0.2, -0.15) is 5.10 Å². The molecule has 0 spiro atoms. The number of likely N-dealkylation sites (N-methyl/N-ethyl adjacent to an activating group) is 1. The van der Waals surface area contributed by atoms with Crippen LogP contribution in [0.4, 0.5) is 0 Å². The van der Waals surface area contributed by atoms with Gasteiger partial charge in [0.1, 0.15) is 0 Å². The Labute approximate surface area is 121 Å². The minimum absolute atomic E-state index is 0.260. The van der Waals surface area contributed by atoms with Crippen molar-refractivity contribution >= 4 is 0 Å². The monoisotopic (exact) mass is 278 g/mol. The number of aromatic nitrogens is 2. The number of morpholine rings is 1. The number of hydrogen-bond donors (Lipinski definition) is 1. The fourth-order valence-electron chi connectivity index (χ4n) is 2.87. The Hall–Kier alpha value is -0.910. The standard InChI is InChI=1S/C15H26N4O/c1-11-15(8-16-13-4-5-13)12(2)19(17-11)10-14-9-18(3)6-7-20-14/h13-14,16H,4-10H2,1-3H3. The average molecular weight is 278 g/mol. The molecule has 2 aliphatic rings. The largest absolute Gasteiger partial charge is 0.374 e. The smallest absolute Gasteiger partial charge is 0.0898 e. The zero-order chi connectivity index (χ0) is 14.1. The Kier molecular flexibility index (Phi) is 4.10. The molecule has 20 heavy (non-hydrogen) atoms. The second-order valence-electron chi connectivity index (χ2n) is 6.24. The summed E-state index contributed by atoms with van der Waals surface area (Å²) in [7, 11) is 2.15. The molecule has 1 aliphatic carbocycles. The maximum absolute atomic E-state index is 5.85. The Balaban J connectivity index is 1.64. The number of ether oxygens (including phenoxy) is 1.